The predicted octanol–water partition coefficient (Wildman–Crippen LogP) is 4.12. The molecule has 0 bridgehead atoms. The van der Waals surface area contributed by atoms with Gasteiger partial charge in [0.15, 0.2) is 18.1 Å². The van der Waals surface area contributed by atoms with Gasteiger partial charge in [-0.3, -0.25) is 4.79 Å². The molecule has 1 aliphatic heterocycles. The lowest BCUT2D eigenvalue weighted by Gasteiger charge is -2.15. The van der Waals surface area contributed by atoms with Crippen LogP contribution < -0.4 is 14.8 Å². The lowest BCUT2D eigenvalue weighted by atomic mass is 10.0. The van der Waals surface area contributed by atoms with Gasteiger partial charge < -0.3 is 19.5 Å². The number of nitrogens with one attached hydrogen (secondary N) is 1. The van der Waals surface area contributed by atoms with Crippen molar-refractivity contribution in [2.75, 3.05) is 13.4 Å². The average molecular weight is 403 g/mol. The summed E-state index contributed by atoms with van der Waals surface area (Å²) in [5.41, 5.74) is 3.33. The van der Waals surface area contributed by atoms with E-state index in [9.17, 15) is 9.59 Å². The van der Waals surface area contributed by atoms with Crippen LogP contribution >= 0.6 is 0 Å². The van der Waals surface area contributed by atoms with Crippen molar-refractivity contribution in [2.24, 2.45) is 0 Å². The maximum Gasteiger partial charge on any atom is 0.338 e. The van der Waals surface area contributed by atoms with Crippen molar-refractivity contribution >= 4 is 11.9 Å². The Bertz CT molecular complexity index is 1050. The van der Waals surface area contributed by atoms with Crippen molar-refractivity contribution in [1.82, 2.24) is 5.32 Å². The number of hydrogen-bond acceptors (Lipinski definition) is 5. The molecule has 1 N–H and O–H groups in total. The van der Waals surface area contributed by atoms with E-state index in [1.54, 1.807) is 18.2 Å². The quantitative estimate of drug-likeness (QED) is 0.627. The zero-order valence-electron chi connectivity index (χ0n) is 16.5. The Balaban J connectivity index is 1.29. The molecule has 3 aromatic carbocycles. The van der Waals surface area contributed by atoms with Gasteiger partial charge in [-0.25, -0.2) is 4.79 Å². The van der Waals surface area contributed by atoms with Crippen molar-refractivity contribution in [3.63, 3.8) is 0 Å². The number of benzene rings is 3. The largest absolute Gasteiger partial charge is 0.454 e. The maximum absolute atomic E-state index is 12.2. The van der Waals surface area contributed by atoms with E-state index in [0.29, 0.717) is 17.1 Å². The molecule has 0 aromatic heterocycles. The molecule has 4 rings (SSSR count). The van der Waals surface area contributed by atoms with Crippen molar-refractivity contribution in [3.05, 3.63) is 83.9 Å². The number of carbonyl (C=O) groups is 2. The second kappa shape index (κ2) is 8.69. The van der Waals surface area contributed by atoms with Crippen LogP contribution in [0.25, 0.3) is 11.1 Å². The molecule has 0 aliphatic carbocycles. The number of esters is 1. The monoisotopic (exact) mass is 403 g/mol. The Kier molecular flexibility index (Phi) is 5.66. The summed E-state index contributed by atoms with van der Waals surface area (Å²) in [5.74, 6) is 0.415. The first kappa shape index (κ1) is 19.5. The van der Waals surface area contributed by atoms with E-state index in [1.165, 1.54) is 0 Å². The predicted molar refractivity (Wildman–Crippen MR) is 111 cm³/mol. The fraction of sp³-hybridized carbons (Fsp3) is 0.167. The van der Waals surface area contributed by atoms with Crippen LogP contribution in [0.4, 0.5) is 0 Å². The molecule has 3 aromatic rings. The highest BCUT2D eigenvalue weighted by Gasteiger charge is 2.17. The third-order valence-corrected chi connectivity index (χ3v) is 4.84. The van der Waals surface area contributed by atoms with Crippen molar-refractivity contribution in [1.29, 1.82) is 0 Å². The van der Waals surface area contributed by atoms with E-state index < -0.39 is 5.97 Å². The molecule has 1 aliphatic rings. The van der Waals surface area contributed by atoms with Gasteiger partial charge in [-0.2, -0.15) is 0 Å². The summed E-state index contributed by atoms with van der Waals surface area (Å²) in [6, 6.07) is 22.2. The van der Waals surface area contributed by atoms with Crippen LogP contribution in [0.2, 0.25) is 0 Å². The Labute approximate surface area is 174 Å². The van der Waals surface area contributed by atoms with Gasteiger partial charge in [-0.05, 0) is 47.9 Å². The van der Waals surface area contributed by atoms with Crippen LogP contribution in [0.1, 0.15) is 28.9 Å². The fourth-order valence-corrected chi connectivity index (χ4v) is 3.19. The number of hydrogen-bond donors (Lipinski definition) is 1. The van der Waals surface area contributed by atoms with E-state index in [2.05, 4.69) is 5.32 Å². The number of rotatable bonds is 6. The van der Waals surface area contributed by atoms with E-state index in [4.69, 9.17) is 14.2 Å². The van der Waals surface area contributed by atoms with E-state index in [1.807, 2.05) is 61.5 Å². The summed E-state index contributed by atoms with van der Waals surface area (Å²) in [6.07, 6.45) is 0. The highest BCUT2D eigenvalue weighted by Crippen LogP contribution is 2.34. The van der Waals surface area contributed by atoms with Crippen LogP contribution in [-0.2, 0) is 9.53 Å². The van der Waals surface area contributed by atoms with Gasteiger partial charge in [0.2, 0.25) is 6.79 Å². The summed E-state index contributed by atoms with van der Waals surface area (Å²) in [7, 11) is 0. The minimum atomic E-state index is -0.541. The number of carbonyl (C=O) groups excluding carboxylic acids is 2. The first-order valence-corrected chi connectivity index (χ1v) is 9.61. The molecule has 1 unspecified atom stereocenters. The lowest BCUT2D eigenvalue weighted by Crippen LogP contribution is -2.31. The summed E-state index contributed by atoms with van der Waals surface area (Å²) >= 11 is 0. The molecule has 6 nitrogen and oxygen atoms in total. The smallest absolute Gasteiger partial charge is 0.338 e. The number of fused-ring (bicyclic) bond motifs is 1. The molecule has 30 heavy (non-hydrogen) atoms. The van der Waals surface area contributed by atoms with Crippen molar-refractivity contribution < 1.29 is 23.8 Å². The van der Waals surface area contributed by atoms with Crippen molar-refractivity contribution in [3.8, 4) is 22.6 Å². The average Bonchev–Trinajstić information content (AvgIpc) is 3.26. The van der Waals surface area contributed by atoms with Gasteiger partial charge in [0.05, 0.1) is 11.6 Å². The lowest BCUT2D eigenvalue weighted by molar-refractivity contribution is -0.124. The fourth-order valence-electron chi connectivity index (χ4n) is 3.19. The van der Waals surface area contributed by atoms with Gasteiger partial charge in [-0.1, -0.05) is 48.5 Å². The Morgan fingerprint density at radius 3 is 2.40 bits per heavy atom. The maximum atomic E-state index is 12.2. The summed E-state index contributed by atoms with van der Waals surface area (Å²) in [5, 5.41) is 2.81. The van der Waals surface area contributed by atoms with E-state index >= 15 is 0 Å². The second-order valence-electron chi connectivity index (χ2n) is 6.92. The second-order valence-corrected chi connectivity index (χ2v) is 6.92. The molecule has 0 saturated carbocycles. The van der Waals surface area contributed by atoms with Crippen LogP contribution in [-0.4, -0.2) is 25.3 Å². The van der Waals surface area contributed by atoms with Gasteiger partial charge in [0.1, 0.15) is 0 Å². The number of ether oxygens (including phenoxy) is 3. The third-order valence-electron chi connectivity index (χ3n) is 4.84. The third kappa shape index (κ3) is 4.43. The number of amides is 1. The van der Waals surface area contributed by atoms with Crippen LogP contribution in [0.15, 0.2) is 72.8 Å². The van der Waals surface area contributed by atoms with Crippen LogP contribution in [0.5, 0.6) is 11.5 Å². The molecule has 6 heteroatoms. The van der Waals surface area contributed by atoms with Crippen LogP contribution in [0.3, 0.4) is 0 Å². The molecule has 1 amide bonds. The first-order valence-electron chi connectivity index (χ1n) is 9.61. The highest BCUT2D eigenvalue weighted by atomic mass is 16.7. The van der Waals surface area contributed by atoms with Gasteiger partial charge >= 0.3 is 5.97 Å². The van der Waals surface area contributed by atoms with E-state index in [-0.39, 0.29) is 25.3 Å². The molecular weight excluding hydrogens is 382 g/mol. The van der Waals surface area contributed by atoms with Crippen molar-refractivity contribution in [2.45, 2.75) is 13.0 Å². The topological polar surface area (TPSA) is 73.9 Å². The zero-order valence-corrected chi connectivity index (χ0v) is 16.5. The van der Waals surface area contributed by atoms with Gasteiger partial charge in [0, 0.05) is 0 Å². The van der Waals surface area contributed by atoms with Crippen LogP contribution in [0, 0.1) is 0 Å². The Hall–Kier alpha value is -3.80. The molecule has 0 spiro atoms. The molecule has 0 fully saturated rings. The SMILES string of the molecule is CC(NC(=O)COC(=O)c1ccc(-c2ccccc2)cc1)c1ccc2c(c1)OCO2. The molecule has 1 atom stereocenters. The summed E-state index contributed by atoms with van der Waals surface area (Å²) < 4.78 is 15.8. The normalized spacial score (nSPS) is 12.8. The van der Waals surface area contributed by atoms with Gasteiger partial charge in [-0.15, -0.1) is 0 Å². The molecular formula is C24H21NO5. The van der Waals surface area contributed by atoms with Gasteiger partial charge in [0.25, 0.3) is 5.91 Å². The zero-order chi connectivity index (χ0) is 20.9. The van der Waals surface area contributed by atoms with E-state index in [0.717, 1.165) is 16.7 Å². The summed E-state index contributed by atoms with van der Waals surface area (Å²) in [4.78, 5) is 24.4. The Morgan fingerprint density at radius 1 is 0.933 bits per heavy atom. The summed E-state index contributed by atoms with van der Waals surface area (Å²) in [6.45, 7) is 1.69. The minimum Gasteiger partial charge on any atom is -0.454 e. The molecule has 0 saturated heterocycles. The molecule has 0 radical (unpaired) electrons. The molecule has 1 heterocycles. The minimum absolute atomic E-state index is 0.196. The molecule has 152 valence electrons. The first-order chi connectivity index (χ1) is 14.6. The standard InChI is InChI=1S/C24H21NO5/c1-16(20-11-12-21-22(13-20)30-15-29-21)25-23(26)14-28-24(27)19-9-7-18(8-10-19)17-5-3-2-4-6-17/h2-13,16H,14-15H2,1H3,(H,25,26). The highest BCUT2D eigenvalue weighted by molar-refractivity contribution is 5.92. The Morgan fingerprint density at radius 2 is 1.63 bits per heavy atom.